The predicted octanol–water partition coefficient (Wildman–Crippen LogP) is 3.35. The van der Waals surface area contributed by atoms with Gasteiger partial charge in [0.15, 0.2) is 16.4 Å². The zero-order chi connectivity index (χ0) is 24.0. The van der Waals surface area contributed by atoms with Crippen LogP contribution in [0.4, 0.5) is 5.69 Å². The number of Topliss-reactive ketones (excluding diaryl/α,β-unsaturated/α-hetero) is 1. The highest BCUT2D eigenvalue weighted by atomic mass is 32.2. The van der Waals surface area contributed by atoms with Gasteiger partial charge in [0, 0.05) is 11.8 Å². The van der Waals surface area contributed by atoms with Gasteiger partial charge in [-0.3, -0.25) is 9.52 Å². The van der Waals surface area contributed by atoms with Crippen molar-refractivity contribution in [1.29, 1.82) is 0 Å². The number of aromatic hydroxyl groups is 1. The van der Waals surface area contributed by atoms with Crippen LogP contribution >= 0.6 is 0 Å². The highest BCUT2D eigenvalue weighted by molar-refractivity contribution is 7.92. The van der Waals surface area contributed by atoms with Gasteiger partial charge >= 0.3 is 5.97 Å². The summed E-state index contributed by atoms with van der Waals surface area (Å²) in [5.74, 6) is -1.41. The number of nitrogens with zero attached hydrogens (tertiary/aromatic N) is 2. The smallest absolute Gasteiger partial charge is 0.338 e. The zero-order valence-corrected chi connectivity index (χ0v) is 19.5. The molecule has 1 aromatic carbocycles. The van der Waals surface area contributed by atoms with Crippen molar-refractivity contribution in [3.05, 3.63) is 35.2 Å². The second-order valence-electron chi connectivity index (χ2n) is 8.39. The number of fused-ring (bicyclic) bond motifs is 1. The summed E-state index contributed by atoms with van der Waals surface area (Å²) in [5, 5.41) is 14.7. The number of anilines is 1. The number of sulfonamides is 1. The molecule has 0 radical (unpaired) electrons. The van der Waals surface area contributed by atoms with Crippen LogP contribution in [0, 0.1) is 19.3 Å². The number of ketones is 1. The van der Waals surface area contributed by atoms with Gasteiger partial charge in [-0.1, -0.05) is 12.1 Å². The zero-order valence-electron chi connectivity index (χ0n) is 18.6. The average Bonchev–Trinajstić information content (AvgIpc) is 3.17. The summed E-state index contributed by atoms with van der Waals surface area (Å²) in [4.78, 5) is 30.2. The van der Waals surface area contributed by atoms with Gasteiger partial charge in [-0.15, -0.1) is 4.73 Å². The van der Waals surface area contributed by atoms with E-state index in [1.165, 1.54) is 32.0 Å². The number of aryl methyl sites for hydroxylation is 2. The number of benzene rings is 1. The van der Waals surface area contributed by atoms with Gasteiger partial charge in [0.1, 0.15) is 5.69 Å². The molecule has 0 bridgehead atoms. The van der Waals surface area contributed by atoms with Crippen molar-refractivity contribution in [3.8, 4) is 5.88 Å². The molecule has 0 spiro atoms. The van der Waals surface area contributed by atoms with Gasteiger partial charge in [0.05, 0.1) is 22.2 Å². The highest BCUT2D eigenvalue weighted by Crippen LogP contribution is 2.34. The third-order valence-electron chi connectivity index (χ3n) is 4.78. The number of hydrogen-bond acceptors (Lipinski definition) is 8. The van der Waals surface area contributed by atoms with Crippen molar-refractivity contribution < 1.29 is 32.5 Å². The molecule has 10 nitrogen and oxygen atoms in total. The van der Waals surface area contributed by atoms with Crippen LogP contribution in [0.25, 0.3) is 10.9 Å². The van der Waals surface area contributed by atoms with Gasteiger partial charge in [-0.25, -0.2) is 13.2 Å². The van der Waals surface area contributed by atoms with E-state index >= 15 is 0 Å². The molecule has 0 aliphatic heterocycles. The maximum atomic E-state index is 12.9. The molecule has 0 unspecified atom stereocenters. The second-order valence-corrected chi connectivity index (χ2v) is 10.0. The number of aromatic nitrogens is 2. The lowest BCUT2D eigenvalue weighted by atomic mass is 9.98. The standard InChI is InChI=1S/C21H25N3O7S/c1-7-16(25)17-14-9-8-13(23-32(28,29)18-11(2)22-30-12(18)3)10-15(14)24(19(17)26)31-20(27)21(4,5)6/h8-10,23,26H,7H2,1-6H3. The fraction of sp³-hybridized carbons (Fsp3) is 0.381. The Morgan fingerprint density at radius 3 is 2.44 bits per heavy atom. The van der Waals surface area contributed by atoms with E-state index in [2.05, 4.69) is 9.88 Å². The topological polar surface area (TPSA) is 141 Å². The SMILES string of the molecule is CCC(=O)c1c(O)n(OC(=O)C(C)(C)C)c2cc(NS(=O)(=O)c3c(C)noc3C)ccc12. The Bertz CT molecular complexity index is 1310. The molecule has 32 heavy (non-hydrogen) atoms. The molecule has 0 amide bonds. The van der Waals surface area contributed by atoms with Crippen LogP contribution in [0.3, 0.4) is 0 Å². The molecule has 0 atom stereocenters. The third-order valence-corrected chi connectivity index (χ3v) is 6.40. The number of nitrogens with one attached hydrogen (secondary N) is 1. The van der Waals surface area contributed by atoms with Gasteiger partial charge in [0.2, 0.25) is 5.88 Å². The van der Waals surface area contributed by atoms with E-state index in [-0.39, 0.29) is 45.3 Å². The largest absolute Gasteiger partial charge is 0.492 e. The minimum absolute atomic E-state index is 0.00987. The summed E-state index contributed by atoms with van der Waals surface area (Å²) >= 11 is 0. The van der Waals surface area contributed by atoms with Crippen LogP contribution in [-0.4, -0.2) is 35.2 Å². The monoisotopic (exact) mass is 463 g/mol. The Kier molecular flexibility index (Phi) is 5.81. The number of carbonyl (C=O) groups excluding carboxylic acids is 2. The maximum Gasteiger partial charge on any atom is 0.338 e. The van der Waals surface area contributed by atoms with Crippen molar-refractivity contribution in [2.75, 3.05) is 4.72 Å². The molecule has 2 heterocycles. The van der Waals surface area contributed by atoms with E-state index in [0.717, 1.165) is 4.73 Å². The van der Waals surface area contributed by atoms with E-state index in [1.54, 1.807) is 27.7 Å². The number of rotatable bonds is 6. The minimum Gasteiger partial charge on any atom is -0.492 e. The fourth-order valence-corrected chi connectivity index (χ4v) is 4.52. The molecule has 3 rings (SSSR count). The lowest BCUT2D eigenvalue weighted by molar-refractivity contribution is -0.153. The highest BCUT2D eigenvalue weighted by Gasteiger charge is 2.30. The van der Waals surface area contributed by atoms with Gasteiger partial charge in [-0.2, -0.15) is 0 Å². The first-order valence-electron chi connectivity index (χ1n) is 9.87. The van der Waals surface area contributed by atoms with E-state index in [4.69, 9.17) is 9.36 Å². The first-order chi connectivity index (χ1) is 14.8. The molecule has 3 aromatic rings. The summed E-state index contributed by atoms with van der Waals surface area (Å²) in [7, 11) is -4.04. The number of carbonyl (C=O) groups is 2. The van der Waals surface area contributed by atoms with Crippen molar-refractivity contribution in [3.63, 3.8) is 0 Å². The average molecular weight is 464 g/mol. The molecular formula is C21H25N3O7S. The predicted molar refractivity (Wildman–Crippen MR) is 116 cm³/mol. The van der Waals surface area contributed by atoms with Gasteiger partial charge < -0.3 is 14.5 Å². The first kappa shape index (κ1) is 23.3. The number of hydrogen-bond donors (Lipinski definition) is 2. The summed E-state index contributed by atoms with van der Waals surface area (Å²) in [6.07, 6.45) is 0.111. The Labute approximate surface area is 185 Å². The summed E-state index contributed by atoms with van der Waals surface area (Å²) in [6.45, 7) is 9.54. The molecule has 11 heteroatoms. The summed E-state index contributed by atoms with van der Waals surface area (Å²) < 4.78 is 33.9. The van der Waals surface area contributed by atoms with E-state index in [0.29, 0.717) is 5.39 Å². The van der Waals surface area contributed by atoms with E-state index < -0.39 is 27.3 Å². The van der Waals surface area contributed by atoms with E-state index in [9.17, 15) is 23.1 Å². The lowest BCUT2D eigenvalue weighted by Gasteiger charge is -2.17. The molecule has 2 aromatic heterocycles. The van der Waals surface area contributed by atoms with Crippen molar-refractivity contribution in [1.82, 2.24) is 9.89 Å². The molecule has 0 saturated carbocycles. The van der Waals surface area contributed by atoms with Crippen molar-refractivity contribution >= 4 is 38.4 Å². The van der Waals surface area contributed by atoms with Crippen molar-refractivity contribution in [2.24, 2.45) is 5.41 Å². The van der Waals surface area contributed by atoms with Crippen LogP contribution in [-0.2, 0) is 14.8 Å². The second kappa shape index (κ2) is 7.97. The maximum absolute atomic E-state index is 12.9. The minimum atomic E-state index is -4.04. The fourth-order valence-electron chi connectivity index (χ4n) is 3.14. The van der Waals surface area contributed by atoms with Crippen LogP contribution in [0.2, 0.25) is 0 Å². The van der Waals surface area contributed by atoms with Gasteiger partial charge in [0.25, 0.3) is 10.0 Å². The molecular weight excluding hydrogens is 438 g/mol. The molecule has 0 aliphatic rings. The first-order valence-corrected chi connectivity index (χ1v) is 11.3. The molecule has 0 aliphatic carbocycles. The Hall–Kier alpha value is -3.34. The van der Waals surface area contributed by atoms with Crippen LogP contribution in [0.15, 0.2) is 27.6 Å². The summed E-state index contributed by atoms with van der Waals surface area (Å²) in [6, 6.07) is 4.29. The quantitative estimate of drug-likeness (QED) is 0.530. The Morgan fingerprint density at radius 1 is 1.25 bits per heavy atom. The van der Waals surface area contributed by atoms with Crippen LogP contribution in [0.5, 0.6) is 5.88 Å². The Balaban J connectivity index is 2.15. The third kappa shape index (κ3) is 4.07. The van der Waals surface area contributed by atoms with Crippen LogP contribution in [0.1, 0.15) is 55.9 Å². The Morgan fingerprint density at radius 2 is 1.91 bits per heavy atom. The van der Waals surface area contributed by atoms with E-state index in [1.807, 2.05) is 0 Å². The van der Waals surface area contributed by atoms with Gasteiger partial charge in [-0.05, 0) is 52.8 Å². The summed E-state index contributed by atoms with van der Waals surface area (Å²) in [5.41, 5.74) is -0.425. The molecule has 0 saturated heterocycles. The normalized spacial score (nSPS) is 12.2. The molecule has 0 fully saturated rings. The van der Waals surface area contributed by atoms with Crippen molar-refractivity contribution in [2.45, 2.75) is 52.9 Å². The molecule has 2 N–H and O–H groups in total. The van der Waals surface area contributed by atoms with Crippen LogP contribution < -0.4 is 9.56 Å². The molecule has 172 valence electrons. The lowest BCUT2D eigenvalue weighted by Crippen LogP contribution is -2.31.